The number of nitrogens with one attached hydrogen (secondary N) is 2. The number of aliphatic carboxylic acids is 1. The van der Waals surface area contributed by atoms with Crippen molar-refractivity contribution in [2.75, 3.05) is 19.8 Å². The van der Waals surface area contributed by atoms with Crippen LogP contribution in [-0.2, 0) is 19.1 Å². The number of alkyl carbamates (subject to hydrolysis) is 1. The van der Waals surface area contributed by atoms with Crippen LogP contribution < -0.4 is 10.6 Å². The molecule has 1 heterocycles. The summed E-state index contributed by atoms with van der Waals surface area (Å²) in [6, 6.07) is 15.2. The average Bonchev–Trinajstić information content (AvgIpc) is 3.47. The molecule has 4 rings (SSSR count). The molecule has 0 radical (unpaired) electrons. The summed E-state index contributed by atoms with van der Waals surface area (Å²) in [5, 5.41) is 14.4. The Bertz CT molecular complexity index is 1120. The fraction of sp³-hybridized carbons (Fsp3) is 0.370. The summed E-state index contributed by atoms with van der Waals surface area (Å²) < 4.78 is 11.0. The zero-order chi connectivity index (χ0) is 24.8. The lowest BCUT2D eigenvalue weighted by atomic mass is 9.98. The Morgan fingerprint density at radius 3 is 2.37 bits per heavy atom. The van der Waals surface area contributed by atoms with E-state index in [4.69, 9.17) is 14.6 Å². The number of hydrogen-bond acceptors (Lipinski definition) is 5. The van der Waals surface area contributed by atoms with E-state index in [1.165, 1.54) is 0 Å². The van der Waals surface area contributed by atoms with Crippen LogP contribution >= 0.6 is 0 Å². The van der Waals surface area contributed by atoms with Gasteiger partial charge in [-0.3, -0.25) is 9.59 Å². The molecule has 8 nitrogen and oxygen atoms in total. The third-order valence-electron chi connectivity index (χ3n) is 6.37. The molecule has 35 heavy (non-hydrogen) atoms. The largest absolute Gasteiger partial charge is 0.481 e. The van der Waals surface area contributed by atoms with Gasteiger partial charge in [-0.05, 0) is 35.6 Å². The second-order valence-corrected chi connectivity index (χ2v) is 8.62. The van der Waals surface area contributed by atoms with Crippen LogP contribution in [-0.4, -0.2) is 55.0 Å². The number of carbonyl (C=O) groups excluding carboxylic acids is 2. The third-order valence-corrected chi connectivity index (χ3v) is 6.37. The molecule has 1 unspecified atom stereocenters. The molecular weight excluding hydrogens is 448 g/mol. The molecule has 2 amide bonds. The molecule has 2 aromatic rings. The van der Waals surface area contributed by atoms with E-state index in [9.17, 15) is 14.4 Å². The zero-order valence-corrected chi connectivity index (χ0v) is 19.5. The van der Waals surface area contributed by atoms with Gasteiger partial charge < -0.3 is 25.2 Å². The summed E-state index contributed by atoms with van der Waals surface area (Å²) in [6.45, 7) is 2.07. The van der Waals surface area contributed by atoms with Crippen LogP contribution in [0.4, 0.5) is 4.79 Å². The van der Waals surface area contributed by atoms with Gasteiger partial charge in [0.15, 0.2) is 0 Å². The first-order valence-corrected chi connectivity index (χ1v) is 11.6. The fourth-order valence-electron chi connectivity index (χ4n) is 4.55. The standard InChI is InChI=1S/C27H28N2O6/c1-2-3-12-24(25(30)28-14-18-13-17(15-34-18)26(31)32)29-27(33)35-16-23-21-10-6-4-8-19(21)20-9-5-7-11-22(20)23/h4-11,17-18,23-24H,12-16H2,1H3,(H,28,30)(H,29,33)(H,31,32)/t17-,18-,24?/m1/s1. The predicted molar refractivity (Wildman–Crippen MR) is 129 cm³/mol. The monoisotopic (exact) mass is 476 g/mol. The molecule has 0 spiro atoms. The van der Waals surface area contributed by atoms with E-state index in [2.05, 4.69) is 34.6 Å². The van der Waals surface area contributed by atoms with Crippen LogP contribution in [0.15, 0.2) is 48.5 Å². The van der Waals surface area contributed by atoms with Crippen molar-refractivity contribution in [3.8, 4) is 23.0 Å². The van der Waals surface area contributed by atoms with Crippen molar-refractivity contribution in [3.05, 3.63) is 59.7 Å². The Morgan fingerprint density at radius 1 is 1.11 bits per heavy atom. The second kappa shape index (κ2) is 11.1. The lowest BCUT2D eigenvalue weighted by molar-refractivity contribution is -0.141. The predicted octanol–water partition coefficient (Wildman–Crippen LogP) is 2.91. The number of rotatable bonds is 8. The van der Waals surface area contributed by atoms with Crippen LogP contribution in [0.1, 0.15) is 36.8 Å². The minimum atomic E-state index is -0.910. The number of ether oxygens (including phenoxy) is 2. The Morgan fingerprint density at radius 2 is 1.77 bits per heavy atom. The minimum Gasteiger partial charge on any atom is -0.481 e. The molecule has 3 atom stereocenters. The smallest absolute Gasteiger partial charge is 0.407 e. The molecule has 1 aliphatic heterocycles. The van der Waals surface area contributed by atoms with Gasteiger partial charge in [-0.2, -0.15) is 0 Å². The molecule has 3 N–H and O–H groups in total. The molecule has 2 aliphatic rings. The molecule has 2 aromatic carbocycles. The quantitative estimate of drug-likeness (QED) is 0.505. The van der Waals surface area contributed by atoms with Gasteiger partial charge >= 0.3 is 12.1 Å². The number of carboxylic acids is 1. The molecule has 0 saturated carbocycles. The lowest BCUT2D eigenvalue weighted by Crippen LogP contribution is -2.48. The second-order valence-electron chi connectivity index (χ2n) is 8.62. The highest BCUT2D eigenvalue weighted by Crippen LogP contribution is 2.44. The van der Waals surface area contributed by atoms with Crippen LogP contribution in [0, 0.1) is 17.8 Å². The number of carboxylic acid groups (broad SMARTS) is 1. The first-order chi connectivity index (χ1) is 17.0. The SMILES string of the molecule is CC#CCC(NC(=O)OCC1c2ccccc2-c2ccccc21)C(=O)NC[C@H]1C[C@@H](C(=O)O)CO1. The molecule has 8 heteroatoms. The maximum Gasteiger partial charge on any atom is 0.407 e. The summed E-state index contributed by atoms with van der Waals surface area (Å²) in [5.74, 6) is 3.55. The summed E-state index contributed by atoms with van der Waals surface area (Å²) in [7, 11) is 0. The van der Waals surface area contributed by atoms with Gasteiger partial charge in [-0.25, -0.2) is 4.79 Å². The van der Waals surface area contributed by atoms with Crippen molar-refractivity contribution >= 4 is 18.0 Å². The highest BCUT2D eigenvalue weighted by Gasteiger charge is 2.32. The van der Waals surface area contributed by atoms with Crippen molar-refractivity contribution < 1.29 is 29.0 Å². The normalized spacial score (nSPS) is 19.0. The van der Waals surface area contributed by atoms with Crippen LogP contribution in [0.2, 0.25) is 0 Å². The van der Waals surface area contributed by atoms with E-state index in [0.29, 0.717) is 6.42 Å². The Hall–Kier alpha value is -3.83. The number of carbonyl (C=O) groups is 3. The van der Waals surface area contributed by atoms with Gasteiger partial charge in [0.1, 0.15) is 12.6 Å². The van der Waals surface area contributed by atoms with E-state index in [1.54, 1.807) is 6.92 Å². The number of amides is 2. The molecule has 0 aromatic heterocycles. The van der Waals surface area contributed by atoms with Crippen molar-refractivity contribution in [2.24, 2.45) is 5.92 Å². The van der Waals surface area contributed by atoms with E-state index in [1.807, 2.05) is 36.4 Å². The van der Waals surface area contributed by atoms with Crippen LogP contribution in [0.5, 0.6) is 0 Å². The van der Waals surface area contributed by atoms with E-state index in [0.717, 1.165) is 22.3 Å². The molecule has 182 valence electrons. The zero-order valence-electron chi connectivity index (χ0n) is 19.5. The number of benzene rings is 2. The number of fused-ring (bicyclic) bond motifs is 3. The topological polar surface area (TPSA) is 114 Å². The van der Waals surface area contributed by atoms with Crippen molar-refractivity contribution in [1.82, 2.24) is 10.6 Å². The van der Waals surface area contributed by atoms with Crippen molar-refractivity contribution in [2.45, 2.75) is 37.8 Å². The molecular formula is C27H28N2O6. The van der Waals surface area contributed by atoms with Gasteiger partial charge in [-0.1, -0.05) is 48.5 Å². The first-order valence-electron chi connectivity index (χ1n) is 11.6. The summed E-state index contributed by atoms with van der Waals surface area (Å²) in [4.78, 5) is 36.4. The highest BCUT2D eigenvalue weighted by molar-refractivity contribution is 5.86. The Balaban J connectivity index is 1.34. The minimum absolute atomic E-state index is 0.0856. The maximum absolute atomic E-state index is 12.7. The summed E-state index contributed by atoms with van der Waals surface area (Å²) >= 11 is 0. The van der Waals surface area contributed by atoms with E-state index in [-0.39, 0.29) is 38.2 Å². The van der Waals surface area contributed by atoms with Gasteiger partial charge in [0.25, 0.3) is 0 Å². The van der Waals surface area contributed by atoms with E-state index < -0.39 is 29.9 Å². The van der Waals surface area contributed by atoms with Crippen LogP contribution in [0.25, 0.3) is 11.1 Å². The van der Waals surface area contributed by atoms with Gasteiger partial charge in [0, 0.05) is 18.9 Å². The molecule has 0 bridgehead atoms. The summed E-state index contributed by atoms with van der Waals surface area (Å²) in [6.07, 6.45) is -0.634. The highest BCUT2D eigenvalue weighted by atomic mass is 16.5. The third kappa shape index (κ3) is 5.64. The van der Waals surface area contributed by atoms with Gasteiger partial charge in [0.2, 0.25) is 5.91 Å². The van der Waals surface area contributed by atoms with Gasteiger partial charge in [0.05, 0.1) is 18.6 Å². The summed E-state index contributed by atoms with van der Waals surface area (Å²) in [5.41, 5.74) is 4.46. The fourth-order valence-corrected chi connectivity index (χ4v) is 4.55. The van der Waals surface area contributed by atoms with Crippen molar-refractivity contribution in [3.63, 3.8) is 0 Å². The van der Waals surface area contributed by atoms with Gasteiger partial charge in [-0.15, -0.1) is 11.8 Å². The molecule has 1 fully saturated rings. The molecule has 1 saturated heterocycles. The maximum atomic E-state index is 12.7. The molecule has 1 aliphatic carbocycles. The lowest BCUT2D eigenvalue weighted by Gasteiger charge is -2.19. The van der Waals surface area contributed by atoms with Crippen molar-refractivity contribution in [1.29, 1.82) is 0 Å². The Labute approximate surface area is 204 Å². The Kier molecular flexibility index (Phi) is 7.68. The average molecular weight is 477 g/mol. The van der Waals surface area contributed by atoms with E-state index >= 15 is 0 Å². The number of hydrogen-bond donors (Lipinski definition) is 3. The van der Waals surface area contributed by atoms with Crippen LogP contribution in [0.3, 0.4) is 0 Å². The first kappa shape index (κ1) is 24.3.